The fraction of sp³-hybridized carbons (Fsp3) is 0.857. The molecular weight excluding hydrogens is 192 g/mol. The van der Waals surface area contributed by atoms with Crippen molar-refractivity contribution in [2.75, 3.05) is 5.88 Å². The van der Waals surface area contributed by atoms with Gasteiger partial charge in [-0.05, 0) is 18.1 Å². The second-order valence-corrected chi connectivity index (χ2v) is 3.26. The molecule has 0 bridgehead atoms. The zero-order chi connectivity index (χ0) is 9.68. The van der Waals surface area contributed by atoms with Crippen molar-refractivity contribution in [2.24, 2.45) is 7.05 Å². The van der Waals surface area contributed by atoms with Crippen molar-refractivity contribution in [1.29, 1.82) is 0 Å². The number of tetrazole rings is 1. The number of aliphatic hydroxyl groups is 1. The Hall–Kier alpha value is -0.680. The molecule has 74 valence electrons. The van der Waals surface area contributed by atoms with E-state index in [-0.39, 0.29) is 0 Å². The van der Waals surface area contributed by atoms with Gasteiger partial charge in [-0.3, -0.25) is 0 Å². The van der Waals surface area contributed by atoms with Gasteiger partial charge < -0.3 is 5.11 Å². The second kappa shape index (κ2) is 5.14. The fourth-order valence-corrected chi connectivity index (χ4v) is 1.18. The molecular formula is C7H13ClN4O. The first kappa shape index (κ1) is 10.4. The highest BCUT2D eigenvalue weighted by molar-refractivity contribution is 6.17. The zero-order valence-electron chi connectivity index (χ0n) is 7.52. The predicted octanol–water partition coefficient (Wildman–Crippen LogP) is 0.132. The lowest BCUT2D eigenvalue weighted by molar-refractivity contribution is 0.161. The Labute approximate surface area is 81.7 Å². The summed E-state index contributed by atoms with van der Waals surface area (Å²) in [5, 5.41) is 20.9. The normalized spacial score (nSPS) is 13.2. The van der Waals surface area contributed by atoms with Crippen LogP contribution >= 0.6 is 11.6 Å². The molecule has 1 rings (SSSR count). The van der Waals surface area contributed by atoms with Crippen LogP contribution < -0.4 is 0 Å². The minimum atomic E-state index is -0.414. The first-order valence-electron chi connectivity index (χ1n) is 4.19. The summed E-state index contributed by atoms with van der Waals surface area (Å²) in [6, 6.07) is 0. The maximum atomic E-state index is 9.47. The van der Waals surface area contributed by atoms with E-state index in [1.165, 1.54) is 4.80 Å². The van der Waals surface area contributed by atoms with E-state index < -0.39 is 6.10 Å². The standard InChI is InChI=1S/C7H13ClN4O/c1-12-10-7(9-11-12)5-6(13)3-2-4-8/h6,13H,2-5H2,1H3. The van der Waals surface area contributed by atoms with Gasteiger partial charge in [0.15, 0.2) is 5.82 Å². The number of nitrogens with zero attached hydrogens (tertiary/aromatic N) is 4. The van der Waals surface area contributed by atoms with E-state index in [0.717, 1.165) is 6.42 Å². The summed E-state index contributed by atoms with van der Waals surface area (Å²) in [6.07, 6.45) is 1.53. The Balaban J connectivity index is 2.31. The van der Waals surface area contributed by atoms with Gasteiger partial charge in [-0.25, -0.2) is 0 Å². The van der Waals surface area contributed by atoms with Crippen LogP contribution in [0.4, 0.5) is 0 Å². The van der Waals surface area contributed by atoms with Crippen molar-refractivity contribution >= 4 is 11.6 Å². The van der Waals surface area contributed by atoms with Gasteiger partial charge in [-0.1, -0.05) is 0 Å². The molecule has 0 spiro atoms. The molecule has 0 amide bonds. The smallest absolute Gasteiger partial charge is 0.177 e. The molecule has 1 N–H and O–H groups in total. The molecule has 0 aliphatic carbocycles. The summed E-state index contributed by atoms with van der Waals surface area (Å²) in [7, 11) is 1.70. The fourth-order valence-electron chi connectivity index (χ4n) is 1.03. The number of hydrogen-bond donors (Lipinski definition) is 1. The van der Waals surface area contributed by atoms with Crippen LogP contribution in [0.25, 0.3) is 0 Å². The number of aryl methyl sites for hydroxylation is 1. The lowest BCUT2D eigenvalue weighted by Gasteiger charge is -2.05. The highest BCUT2D eigenvalue weighted by Gasteiger charge is 2.08. The monoisotopic (exact) mass is 204 g/mol. The Morgan fingerprint density at radius 1 is 1.62 bits per heavy atom. The molecule has 1 aromatic rings. The molecule has 0 aliphatic rings. The Bertz CT molecular complexity index is 252. The zero-order valence-corrected chi connectivity index (χ0v) is 8.28. The molecule has 5 nitrogen and oxygen atoms in total. The Morgan fingerprint density at radius 2 is 2.38 bits per heavy atom. The van der Waals surface area contributed by atoms with E-state index in [2.05, 4.69) is 15.4 Å². The number of rotatable bonds is 5. The topological polar surface area (TPSA) is 63.8 Å². The number of hydrogen-bond acceptors (Lipinski definition) is 4. The molecule has 1 heterocycles. The quantitative estimate of drug-likeness (QED) is 0.693. The van der Waals surface area contributed by atoms with E-state index in [4.69, 9.17) is 11.6 Å². The van der Waals surface area contributed by atoms with Crippen LogP contribution in [-0.2, 0) is 13.5 Å². The number of halogens is 1. The van der Waals surface area contributed by atoms with Crippen molar-refractivity contribution in [3.05, 3.63) is 5.82 Å². The maximum Gasteiger partial charge on any atom is 0.177 e. The van der Waals surface area contributed by atoms with Crippen LogP contribution in [0.1, 0.15) is 18.7 Å². The van der Waals surface area contributed by atoms with Gasteiger partial charge in [0.05, 0.1) is 13.2 Å². The molecule has 13 heavy (non-hydrogen) atoms. The summed E-state index contributed by atoms with van der Waals surface area (Å²) in [6.45, 7) is 0. The first-order chi connectivity index (χ1) is 6.22. The van der Waals surface area contributed by atoms with Crippen LogP contribution in [0, 0.1) is 0 Å². The van der Waals surface area contributed by atoms with E-state index >= 15 is 0 Å². The lowest BCUT2D eigenvalue weighted by atomic mass is 10.1. The van der Waals surface area contributed by atoms with Crippen LogP contribution in [0.3, 0.4) is 0 Å². The lowest BCUT2D eigenvalue weighted by Crippen LogP contribution is -2.11. The van der Waals surface area contributed by atoms with Crippen LogP contribution in [0.15, 0.2) is 0 Å². The third-order valence-electron chi connectivity index (χ3n) is 1.64. The van der Waals surface area contributed by atoms with E-state index in [9.17, 15) is 5.11 Å². The van der Waals surface area contributed by atoms with Crippen molar-refractivity contribution < 1.29 is 5.11 Å². The molecule has 1 aromatic heterocycles. The number of aromatic nitrogens is 4. The van der Waals surface area contributed by atoms with Gasteiger partial charge in [0, 0.05) is 12.3 Å². The number of aliphatic hydroxyl groups excluding tert-OH is 1. The van der Waals surface area contributed by atoms with Gasteiger partial charge in [0.25, 0.3) is 0 Å². The molecule has 0 saturated heterocycles. The van der Waals surface area contributed by atoms with Crippen molar-refractivity contribution in [3.63, 3.8) is 0 Å². The summed E-state index contributed by atoms with van der Waals surface area (Å²) in [4.78, 5) is 1.38. The van der Waals surface area contributed by atoms with Gasteiger partial charge in [-0.2, -0.15) is 4.80 Å². The third-order valence-corrected chi connectivity index (χ3v) is 1.91. The second-order valence-electron chi connectivity index (χ2n) is 2.88. The van der Waals surface area contributed by atoms with Crippen LogP contribution in [0.5, 0.6) is 0 Å². The minimum Gasteiger partial charge on any atom is -0.393 e. The van der Waals surface area contributed by atoms with Crippen LogP contribution in [-0.4, -0.2) is 37.3 Å². The SMILES string of the molecule is Cn1nnc(CC(O)CCCCl)n1. The molecule has 0 fully saturated rings. The molecule has 0 radical (unpaired) electrons. The highest BCUT2D eigenvalue weighted by Crippen LogP contribution is 2.03. The average molecular weight is 205 g/mol. The van der Waals surface area contributed by atoms with Crippen molar-refractivity contribution in [3.8, 4) is 0 Å². The molecule has 0 aromatic carbocycles. The summed E-state index contributed by atoms with van der Waals surface area (Å²) >= 11 is 5.49. The van der Waals surface area contributed by atoms with E-state index in [1.807, 2.05) is 0 Å². The third kappa shape index (κ3) is 3.69. The molecule has 0 saturated carbocycles. The Morgan fingerprint density at radius 3 is 2.92 bits per heavy atom. The number of alkyl halides is 1. The van der Waals surface area contributed by atoms with Crippen LogP contribution in [0.2, 0.25) is 0 Å². The summed E-state index contributed by atoms with van der Waals surface area (Å²) in [5.74, 6) is 1.15. The minimum absolute atomic E-state index is 0.414. The first-order valence-corrected chi connectivity index (χ1v) is 4.72. The molecule has 0 aliphatic heterocycles. The largest absolute Gasteiger partial charge is 0.393 e. The van der Waals surface area contributed by atoms with Gasteiger partial charge in [-0.15, -0.1) is 21.8 Å². The van der Waals surface area contributed by atoms with Crippen molar-refractivity contribution in [1.82, 2.24) is 20.2 Å². The van der Waals surface area contributed by atoms with Gasteiger partial charge in [0.2, 0.25) is 0 Å². The average Bonchev–Trinajstić information content (AvgIpc) is 2.48. The van der Waals surface area contributed by atoms with E-state index in [0.29, 0.717) is 24.5 Å². The summed E-state index contributed by atoms with van der Waals surface area (Å²) < 4.78 is 0. The molecule has 6 heteroatoms. The Kier molecular flexibility index (Phi) is 4.11. The van der Waals surface area contributed by atoms with Crippen molar-refractivity contribution in [2.45, 2.75) is 25.4 Å². The van der Waals surface area contributed by atoms with E-state index in [1.54, 1.807) is 7.05 Å². The maximum absolute atomic E-state index is 9.47. The predicted molar refractivity (Wildman–Crippen MR) is 48.5 cm³/mol. The van der Waals surface area contributed by atoms with Gasteiger partial charge >= 0.3 is 0 Å². The molecule has 1 atom stereocenters. The molecule has 1 unspecified atom stereocenters. The summed E-state index contributed by atoms with van der Waals surface area (Å²) in [5.41, 5.74) is 0. The van der Waals surface area contributed by atoms with Gasteiger partial charge in [0.1, 0.15) is 0 Å². The highest BCUT2D eigenvalue weighted by atomic mass is 35.5.